The number of aliphatic imine (C=N–C) groups is 1. The highest BCUT2D eigenvalue weighted by molar-refractivity contribution is 5.93. The highest BCUT2D eigenvalue weighted by atomic mass is 16.2. The van der Waals surface area contributed by atoms with Crippen molar-refractivity contribution in [2.45, 2.75) is 26.4 Å². The van der Waals surface area contributed by atoms with E-state index in [1.165, 1.54) is 0 Å². The van der Waals surface area contributed by atoms with E-state index in [0.717, 1.165) is 11.5 Å². The molecule has 5 nitrogen and oxygen atoms in total. The molecule has 0 spiro atoms. The van der Waals surface area contributed by atoms with Gasteiger partial charge in [-0.15, -0.1) is 0 Å². The van der Waals surface area contributed by atoms with Gasteiger partial charge >= 0.3 is 0 Å². The molecule has 0 aliphatic carbocycles. The molecule has 1 amide bonds. The molecule has 0 unspecified atom stereocenters. The summed E-state index contributed by atoms with van der Waals surface area (Å²) in [5.74, 6) is 0.787. The molecular formula is C15H24N4O. The van der Waals surface area contributed by atoms with E-state index in [4.69, 9.17) is 0 Å². The lowest BCUT2D eigenvalue weighted by Gasteiger charge is -2.15. The summed E-state index contributed by atoms with van der Waals surface area (Å²) in [6.07, 6.45) is 0. The minimum atomic E-state index is 0.0155. The Morgan fingerprint density at radius 3 is 2.30 bits per heavy atom. The van der Waals surface area contributed by atoms with Crippen LogP contribution in [0, 0.1) is 0 Å². The Morgan fingerprint density at radius 1 is 1.25 bits per heavy atom. The van der Waals surface area contributed by atoms with Crippen molar-refractivity contribution in [1.29, 1.82) is 0 Å². The lowest BCUT2D eigenvalue weighted by atomic mass is 10.1. The van der Waals surface area contributed by atoms with Gasteiger partial charge in [-0.2, -0.15) is 0 Å². The molecule has 5 heteroatoms. The van der Waals surface area contributed by atoms with Crippen molar-refractivity contribution in [2.75, 3.05) is 21.1 Å². The van der Waals surface area contributed by atoms with E-state index in [1.807, 2.05) is 24.3 Å². The Bertz CT molecular complexity index is 463. The molecule has 2 N–H and O–H groups in total. The van der Waals surface area contributed by atoms with Crippen LogP contribution in [0.1, 0.15) is 29.8 Å². The first-order valence-electron chi connectivity index (χ1n) is 6.71. The molecule has 1 aromatic carbocycles. The highest BCUT2D eigenvalue weighted by Crippen LogP contribution is 2.06. The molecule has 0 aliphatic rings. The molecule has 0 bridgehead atoms. The van der Waals surface area contributed by atoms with Gasteiger partial charge in [0.2, 0.25) is 0 Å². The summed E-state index contributed by atoms with van der Waals surface area (Å²) < 4.78 is 0. The van der Waals surface area contributed by atoms with E-state index in [2.05, 4.69) is 29.5 Å². The maximum atomic E-state index is 11.8. The molecule has 0 saturated heterocycles. The van der Waals surface area contributed by atoms with Gasteiger partial charge in [-0.1, -0.05) is 12.1 Å². The first kappa shape index (κ1) is 16.0. The van der Waals surface area contributed by atoms with Crippen molar-refractivity contribution in [1.82, 2.24) is 15.5 Å². The fraction of sp³-hybridized carbons (Fsp3) is 0.467. The van der Waals surface area contributed by atoms with Crippen LogP contribution in [-0.2, 0) is 6.54 Å². The number of nitrogens with one attached hydrogen (secondary N) is 2. The molecule has 110 valence electrons. The van der Waals surface area contributed by atoms with E-state index in [1.54, 1.807) is 26.0 Å². The van der Waals surface area contributed by atoms with E-state index >= 15 is 0 Å². The Labute approximate surface area is 121 Å². The van der Waals surface area contributed by atoms with Crippen molar-refractivity contribution < 1.29 is 4.79 Å². The van der Waals surface area contributed by atoms with E-state index in [0.29, 0.717) is 18.2 Å². The van der Waals surface area contributed by atoms with Crippen LogP contribution >= 0.6 is 0 Å². The van der Waals surface area contributed by atoms with Crippen LogP contribution in [0.25, 0.3) is 0 Å². The molecule has 20 heavy (non-hydrogen) atoms. The first-order chi connectivity index (χ1) is 9.43. The van der Waals surface area contributed by atoms with Crippen molar-refractivity contribution in [2.24, 2.45) is 4.99 Å². The second-order valence-electron chi connectivity index (χ2n) is 5.12. The number of guanidine groups is 1. The van der Waals surface area contributed by atoms with E-state index in [9.17, 15) is 4.79 Å². The van der Waals surface area contributed by atoms with Gasteiger partial charge in [-0.3, -0.25) is 9.79 Å². The zero-order valence-electron chi connectivity index (χ0n) is 12.9. The topological polar surface area (TPSA) is 56.7 Å². The van der Waals surface area contributed by atoms with Crippen molar-refractivity contribution in [3.63, 3.8) is 0 Å². The van der Waals surface area contributed by atoms with Gasteiger partial charge in [0.25, 0.3) is 5.91 Å². The molecule has 0 fully saturated rings. The number of hydrogen-bond donors (Lipinski definition) is 2. The fourth-order valence-electron chi connectivity index (χ4n) is 1.68. The zero-order chi connectivity index (χ0) is 15.1. The minimum absolute atomic E-state index is 0.0155. The molecule has 0 saturated carbocycles. The van der Waals surface area contributed by atoms with E-state index in [-0.39, 0.29) is 5.91 Å². The number of carbonyl (C=O) groups excluding carboxylic acids is 1. The number of carbonyl (C=O) groups is 1. The van der Waals surface area contributed by atoms with E-state index < -0.39 is 0 Å². The third-order valence-electron chi connectivity index (χ3n) is 2.72. The molecule has 0 heterocycles. The van der Waals surface area contributed by atoms with Gasteiger partial charge in [0.15, 0.2) is 5.96 Å². The SMILES string of the molecule is CN=C(NCc1ccc(C(=O)N(C)C)cc1)NC(C)C. The van der Waals surface area contributed by atoms with Crippen LogP contribution in [0.2, 0.25) is 0 Å². The summed E-state index contributed by atoms with van der Waals surface area (Å²) in [6.45, 7) is 4.80. The Kier molecular flexibility index (Phi) is 6.03. The zero-order valence-corrected chi connectivity index (χ0v) is 12.9. The molecule has 0 radical (unpaired) electrons. The number of rotatable bonds is 4. The second-order valence-corrected chi connectivity index (χ2v) is 5.12. The van der Waals surface area contributed by atoms with Crippen molar-refractivity contribution in [3.05, 3.63) is 35.4 Å². The molecule has 1 rings (SSSR count). The fourth-order valence-corrected chi connectivity index (χ4v) is 1.68. The number of nitrogens with zero attached hydrogens (tertiary/aromatic N) is 2. The standard InChI is InChI=1S/C15H24N4O/c1-11(2)18-15(16-3)17-10-12-6-8-13(9-7-12)14(20)19(4)5/h6-9,11H,10H2,1-5H3,(H2,16,17,18). The highest BCUT2D eigenvalue weighted by Gasteiger charge is 2.07. The largest absolute Gasteiger partial charge is 0.354 e. The van der Waals surface area contributed by atoms with Crippen LogP contribution < -0.4 is 10.6 Å². The first-order valence-corrected chi connectivity index (χ1v) is 6.71. The van der Waals surface area contributed by atoms with Crippen LogP contribution in [0.15, 0.2) is 29.3 Å². The number of amides is 1. The number of benzene rings is 1. The normalized spacial score (nSPS) is 11.4. The minimum Gasteiger partial charge on any atom is -0.354 e. The summed E-state index contributed by atoms with van der Waals surface area (Å²) in [7, 11) is 5.25. The molecular weight excluding hydrogens is 252 g/mol. The quantitative estimate of drug-likeness (QED) is 0.646. The average molecular weight is 276 g/mol. The second kappa shape index (κ2) is 7.53. The molecule has 0 aromatic heterocycles. The number of hydrogen-bond acceptors (Lipinski definition) is 2. The summed E-state index contributed by atoms with van der Waals surface area (Å²) in [5.41, 5.74) is 1.80. The lowest BCUT2D eigenvalue weighted by Crippen LogP contribution is -2.40. The van der Waals surface area contributed by atoms with Crippen molar-refractivity contribution in [3.8, 4) is 0 Å². The smallest absolute Gasteiger partial charge is 0.253 e. The third kappa shape index (κ3) is 4.91. The summed E-state index contributed by atoms with van der Waals surface area (Å²) >= 11 is 0. The van der Waals surface area contributed by atoms with Crippen LogP contribution in [0.5, 0.6) is 0 Å². The van der Waals surface area contributed by atoms with Crippen molar-refractivity contribution >= 4 is 11.9 Å². The van der Waals surface area contributed by atoms with Gasteiger partial charge in [-0.05, 0) is 31.5 Å². The summed E-state index contributed by atoms with van der Waals surface area (Å²) in [5, 5.41) is 6.45. The van der Waals surface area contributed by atoms with Gasteiger partial charge < -0.3 is 15.5 Å². The van der Waals surface area contributed by atoms with Crippen LogP contribution in [-0.4, -0.2) is 44.0 Å². The molecule has 0 aliphatic heterocycles. The van der Waals surface area contributed by atoms with Crippen LogP contribution in [0.4, 0.5) is 0 Å². The average Bonchev–Trinajstić information content (AvgIpc) is 2.42. The van der Waals surface area contributed by atoms with Gasteiger partial charge in [0.1, 0.15) is 0 Å². The third-order valence-corrected chi connectivity index (χ3v) is 2.72. The Balaban J connectivity index is 2.60. The maximum Gasteiger partial charge on any atom is 0.253 e. The predicted octanol–water partition coefficient (Wildman–Crippen LogP) is 1.46. The molecule has 0 atom stereocenters. The Morgan fingerprint density at radius 2 is 1.85 bits per heavy atom. The van der Waals surface area contributed by atoms with Gasteiger partial charge in [-0.25, -0.2) is 0 Å². The van der Waals surface area contributed by atoms with Gasteiger partial charge in [0.05, 0.1) is 0 Å². The van der Waals surface area contributed by atoms with Crippen LogP contribution in [0.3, 0.4) is 0 Å². The molecule has 1 aromatic rings. The van der Waals surface area contributed by atoms with Gasteiger partial charge in [0, 0.05) is 39.3 Å². The monoisotopic (exact) mass is 276 g/mol. The summed E-state index contributed by atoms with van der Waals surface area (Å²) in [6, 6.07) is 7.93. The predicted molar refractivity (Wildman–Crippen MR) is 82.9 cm³/mol. The summed E-state index contributed by atoms with van der Waals surface area (Å²) in [4.78, 5) is 17.5. The lowest BCUT2D eigenvalue weighted by molar-refractivity contribution is 0.0827. The Hall–Kier alpha value is -2.04. The maximum absolute atomic E-state index is 11.8.